The van der Waals surface area contributed by atoms with Crippen molar-refractivity contribution in [1.82, 2.24) is 5.32 Å². The van der Waals surface area contributed by atoms with E-state index in [9.17, 15) is 4.79 Å². The first-order valence-electron chi connectivity index (χ1n) is 6.63. The number of nitrogens with zero attached hydrogens (tertiary/aromatic N) is 2. The number of anilines is 1. The highest BCUT2D eigenvalue weighted by Crippen LogP contribution is 2.29. The molecule has 0 saturated heterocycles. The minimum Gasteiger partial charge on any atom is -0.383 e. The third-order valence-corrected chi connectivity index (χ3v) is 3.14. The number of guanidine groups is 1. The Hall–Kier alpha value is -1.79. The first-order chi connectivity index (χ1) is 10.0. The average Bonchev–Trinajstić information content (AvgIpc) is 2.43. The zero-order valence-electron chi connectivity index (χ0n) is 12.5. The van der Waals surface area contributed by atoms with Gasteiger partial charge in [0, 0.05) is 13.7 Å². The van der Waals surface area contributed by atoms with Crippen molar-refractivity contribution < 1.29 is 9.53 Å². The molecule has 1 aromatic rings. The molecule has 0 atom stereocenters. The van der Waals surface area contributed by atoms with Crippen LogP contribution in [0.4, 0.5) is 10.5 Å². The largest absolute Gasteiger partial charge is 0.383 e. The molecule has 0 aliphatic heterocycles. The van der Waals surface area contributed by atoms with Gasteiger partial charge in [0.2, 0.25) is 0 Å². The van der Waals surface area contributed by atoms with E-state index in [2.05, 4.69) is 10.3 Å². The molecule has 0 spiro atoms. The van der Waals surface area contributed by atoms with Gasteiger partial charge in [-0.1, -0.05) is 23.7 Å². The molecule has 0 bridgehead atoms. The SMILES string of the molecule is CCN(C(=O)NC(N)=NCCOC)c1c(C)cccc1Cl. The van der Waals surface area contributed by atoms with Gasteiger partial charge in [-0.3, -0.25) is 15.2 Å². The molecule has 0 aromatic heterocycles. The summed E-state index contributed by atoms with van der Waals surface area (Å²) in [7, 11) is 1.57. The van der Waals surface area contributed by atoms with E-state index in [1.807, 2.05) is 26.0 Å². The molecule has 0 unspecified atom stereocenters. The number of amides is 2. The second kappa shape index (κ2) is 8.49. The summed E-state index contributed by atoms with van der Waals surface area (Å²) in [6.45, 7) is 5.05. The minimum atomic E-state index is -0.368. The molecule has 116 valence electrons. The van der Waals surface area contributed by atoms with E-state index in [1.54, 1.807) is 13.2 Å². The van der Waals surface area contributed by atoms with Gasteiger partial charge >= 0.3 is 6.03 Å². The lowest BCUT2D eigenvalue weighted by atomic mass is 10.2. The molecular formula is C14H21ClN4O2. The number of carbonyl (C=O) groups is 1. The maximum atomic E-state index is 12.3. The van der Waals surface area contributed by atoms with E-state index in [0.29, 0.717) is 30.4 Å². The lowest BCUT2D eigenvalue weighted by molar-refractivity contribution is 0.208. The van der Waals surface area contributed by atoms with Gasteiger partial charge in [-0.05, 0) is 25.5 Å². The van der Waals surface area contributed by atoms with Crippen molar-refractivity contribution >= 4 is 29.3 Å². The van der Waals surface area contributed by atoms with Crippen molar-refractivity contribution in [2.75, 3.05) is 31.7 Å². The Morgan fingerprint density at radius 2 is 2.24 bits per heavy atom. The first-order valence-corrected chi connectivity index (χ1v) is 7.01. The minimum absolute atomic E-state index is 0.0557. The van der Waals surface area contributed by atoms with Crippen LogP contribution in [0.3, 0.4) is 0 Å². The number of para-hydroxylation sites is 1. The highest BCUT2D eigenvalue weighted by Gasteiger charge is 2.19. The Bertz CT molecular complexity index is 499. The van der Waals surface area contributed by atoms with Crippen LogP contribution >= 0.6 is 11.6 Å². The second-order valence-corrected chi connectivity index (χ2v) is 4.75. The van der Waals surface area contributed by atoms with Crippen LogP contribution in [-0.4, -0.2) is 38.8 Å². The summed E-state index contributed by atoms with van der Waals surface area (Å²) in [6, 6.07) is 5.11. The Balaban J connectivity index is 2.85. The van der Waals surface area contributed by atoms with Crippen molar-refractivity contribution in [3.63, 3.8) is 0 Å². The number of carbonyl (C=O) groups excluding carboxylic acids is 1. The summed E-state index contributed by atoms with van der Waals surface area (Å²) in [4.78, 5) is 17.8. The normalized spacial score (nSPS) is 11.3. The van der Waals surface area contributed by atoms with E-state index in [4.69, 9.17) is 22.1 Å². The van der Waals surface area contributed by atoms with Gasteiger partial charge < -0.3 is 10.5 Å². The van der Waals surface area contributed by atoms with Crippen LogP contribution in [0.25, 0.3) is 0 Å². The van der Waals surface area contributed by atoms with Gasteiger partial charge in [0.25, 0.3) is 0 Å². The number of aliphatic imine (C=N–C) groups is 1. The molecule has 0 fully saturated rings. The van der Waals surface area contributed by atoms with Gasteiger partial charge in [0.1, 0.15) is 0 Å². The first kappa shape index (κ1) is 17.3. The number of rotatable bonds is 5. The summed E-state index contributed by atoms with van der Waals surface area (Å²) in [5.74, 6) is 0.0557. The van der Waals surface area contributed by atoms with E-state index in [-0.39, 0.29) is 12.0 Å². The van der Waals surface area contributed by atoms with Crippen molar-refractivity contribution in [3.8, 4) is 0 Å². The van der Waals surface area contributed by atoms with E-state index < -0.39 is 0 Å². The number of benzene rings is 1. The number of aryl methyl sites for hydroxylation is 1. The monoisotopic (exact) mass is 312 g/mol. The Labute approximate surface area is 129 Å². The molecule has 6 nitrogen and oxygen atoms in total. The lowest BCUT2D eigenvalue weighted by Crippen LogP contribution is -2.46. The van der Waals surface area contributed by atoms with Crippen LogP contribution in [0.15, 0.2) is 23.2 Å². The fourth-order valence-electron chi connectivity index (χ4n) is 1.84. The highest BCUT2D eigenvalue weighted by atomic mass is 35.5. The molecule has 0 aliphatic carbocycles. The van der Waals surface area contributed by atoms with Crippen molar-refractivity contribution in [2.24, 2.45) is 10.7 Å². The van der Waals surface area contributed by atoms with Gasteiger partial charge in [-0.2, -0.15) is 0 Å². The van der Waals surface area contributed by atoms with Crippen molar-refractivity contribution in [2.45, 2.75) is 13.8 Å². The molecule has 0 aliphatic rings. The van der Waals surface area contributed by atoms with Crippen LogP contribution in [-0.2, 0) is 4.74 Å². The molecule has 0 saturated carbocycles. The van der Waals surface area contributed by atoms with Gasteiger partial charge in [0.15, 0.2) is 5.96 Å². The smallest absolute Gasteiger partial charge is 0.328 e. The van der Waals surface area contributed by atoms with Crippen LogP contribution in [0, 0.1) is 6.92 Å². The van der Waals surface area contributed by atoms with Crippen LogP contribution in [0.5, 0.6) is 0 Å². The Morgan fingerprint density at radius 1 is 1.52 bits per heavy atom. The maximum Gasteiger partial charge on any atom is 0.328 e. The summed E-state index contributed by atoms with van der Waals surface area (Å²) >= 11 is 6.19. The Kier molecular flexibility index (Phi) is 6.98. The van der Waals surface area contributed by atoms with Crippen LogP contribution in [0.2, 0.25) is 5.02 Å². The summed E-state index contributed by atoms with van der Waals surface area (Å²) in [5.41, 5.74) is 7.25. The van der Waals surface area contributed by atoms with Crippen LogP contribution < -0.4 is 16.0 Å². The number of methoxy groups -OCH3 is 1. The van der Waals surface area contributed by atoms with Crippen molar-refractivity contribution in [1.29, 1.82) is 0 Å². The molecule has 21 heavy (non-hydrogen) atoms. The Morgan fingerprint density at radius 3 is 2.81 bits per heavy atom. The average molecular weight is 313 g/mol. The number of ether oxygens (including phenoxy) is 1. The number of hydrogen-bond donors (Lipinski definition) is 2. The molecule has 7 heteroatoms. The number of urea groups is 1. The molecule has 2 amide bonds. The second-order valence-electron chi connectivity index (χ2n) is 4.34. The quantitative estimate of drug-likeness (QED) is 0.496. The standard InChI is InChI=1S/C14H21ClN4O2/c1-4-19(12-10(2)6-5-7-11(12)15)14(20)18-13(16)17-8-9-21-3/h5-7H,4,8-9H2,1-3H3,(H3,16,17,18,20). The van der Waals surface area contributed by atoms with Crippen LogP contribution in [0.1, 0.15) is 12.5 Å². The maximum absolute atomic E-state index is 12.3. The number of nitrogens with one attached hydrogen (secondary N) is 1. The third-order valence-electron chi connectivity index (χ3n) is 2.83. The molecule has 0 heterocycles. The fraction of sp³-hybridized carbons (Fsp3) is 0.429. The molecular weight excluding hydrogens is 292 g/mol. The van der Waals surface area contributed by atoms with Crippen molar-refractivity contribution in [3.05, 3.63) is 28.8 Å². The molecule has 1 aromatic carbocycles. The zero-order valence-corrected chi connectivity index (χ0v) is 13.3. The van der Waals surface area contributed by atoms with Gasteiger partial charge in [-0.25, -0.2) is 4.79 Å². The van der Waals surface area contributed by atoms with E-state index in [1.165, 1.54) is 4.90 Å². The fourth-order valence-corrected chi connectivity index (χ4v) is 2.17. The third kappa shape index (κ3) is 4.91. The summed E-state index contributed by atoms with van der Waals surface area (Å²) in [6.07, 6.45) is 0. The summed E-state index contributed by atoms with van der Waals surface area (Å²) < 4.78 is 4.86. The van der Waals surface area contributed by atoms with Gasteiger partial charge in [0.05, 0.1) is 23.9 Å². The van der Waals surface area contributed by atoms with E-state index >= 15 is 0 Å². The van der Waals surface area contributed by atoms with Gasteiger partial charge in [-0.15, -0.1) is 0 Å². The number of nitrogens with two attached hydrogens (primary N) is 1. The molecule has 0 radical (unpaired) electrons. The zero-order chi connectivity index (χ0) is 15.8. The molecule has 3 N–H and O–H groups in total. The summed E-state index contributed by atoms with van der Waals surface area (Å²) in [5, 5.41) is 3.06. The predicted molar refractivity (Wildman–Crippen MR) is 86.1 cm³/mol. The highest BCUT2D eigenvalue weighted by molar-refractivity contribution is 6.34. The topological polar surface area (TPSA) is 80.0 Å². The number of hydrogen-bond acceptors (Lipinski definition) is 3. The number of halogens is 1. The predicted octanol–water partition coefficient (Wildman–Crippen LogP) is 2.15. The lowest BCUT2D eigenvalue weighted by Gasteiger charge is -2.24. The van der Waals surface area contributed by atoms with E-state index in [0.717, 1.165) is 5.56 Å². The molecule has 1 rings (SSSR count).